The number of anilines is 1. The van der Waals surface area contributed by atoms with Crippen LogP contribution in [-0.4, -0.2) is 23.1 Å². The van der Waals surface area contributed by atoms with E-state index in [4.69, 9.17) is 0 Å². The number of H-pyrrole nitrogens is 2. The molecule has 33 heavy (non-hydrogen) atoms. The van der Waals surface area contributed by atoms with Gasteiger partial charge in [-0.05, 0) is 49.1 Å². The first-order chi connectivity index (χ1) is 16.1. The fourth-order valence-corrected chi connectivity index (χ4v) is 5.10. The average molecular weight is 440 g/mol. The van der Waals surface area contributed by atoms with Gasteiger partial charge in [0.25, 0.3) is 0 Å². The molecule has 0 amide bonds. The Morgan fingerprint density at radius 2 is 1.45 bits per heavy atom. The van der Waals surface area contributed by atoms with Gasteiger partial charge in [-0.25, -0.2) is 0 Å². The van der Waals surface area contributed by atoms with E-state index in [0.717, 1.165) is 65.5 Å². The molecule has 3 aromatic carbocycles. The van der Waals surface area contributed by atoms with Gasteiger partial charge in [-0.3, -0.25) is 9.59 Å². The first-order valence-corrected chi connectivity index (χ1v) is 11.9. The molecule has 0 saturated heterocycles. The average Bonchev–Trinajstić information content (AvgIpc) is 2.83. The summed E-state index contributed by atoms with van der Waals surface area (Å²) in [6.07, 6.45) is 2.67. The summed E-state index contributed by atoms with van der Waals surface area (Å²) >= 11 is 0. The Bertz CT molecular complexity index is 1620. The monoisotopic (exact) mass is 439 g/mol. The number of aromatic amines is 2. The van der Waals surface area contributed by atoms with Crippen molar-refractivity contribution in [3.8, 4) is 0 Å². The Hall–Kier alpha value is -3.60. The van der Waals surface area contributed by atoms with Gasteiger partial charge < -0.3 is 14.9 Å². The third kappa shape index (κ3) is 3.30. The minimum Gasteiger partial charge on any atom is -0.369 e. The number of para-hydroxylation sites is 1. The van der Waals surface area contributed by atoms with Crippen molar-refractivity contribution in [1.29, 1.82) is 0 Å². The van der Waals surface area contributed by atoms with Crippen LogP contribution in [-0.2, 0) is 6.42 Å². The number of fused-ring (bicyclic) bond motifs is 4. The number of aromatic nitrogens is 2. The standard InChI is InChI=1S/C28H29N3O2/c1-4-14-31(15-5-2)26-24-22(29-21-13-9-10-17(6-3)23(21)28(24)33)16-19-25(26)30-20-12-8-7-11-18(20)27(19)32/h7-13,16H,4-6,14-15H2,1-3H3,(H,29,33)(H,30,32). The topological polar surface area (TPSA) is 69.0 Å². The van der Waals surface area contributed by atoms with E-state index >= 15 is 0 Å². The van der Waals surface area contributed by atoms with Crippen LogP contribution in [0.3, 0.4) is 0 Å². The summed E-state index contributed by atoms with van der Waals surface area (Å²) in [5.74, 6) is 0. The zero-order valence-electron chi connectivity index (χ0n) is 19.4. The lowest BCUT2D eigenvalue weighted by atomic mass is 9.99. The van der Waals surface area contributed by atoms with Gasteiger partial charge in [-0.2, -0.15) is 0 Å². The minimum absolute atomic E-state index is 0.0151. The molecule has 0 bridgehead atoms. The highest BCUT2D eigenvalue weighted by atomic mass is 16.1. The van der Waals surface area contributed by atoms with Crippen LogP contribution in [0.4, 0.5) is 5.69 Å². The largest absolute Gasteiger partial charge is 0.369 e. The molecule has 0 radical (unpaired) electrons. The van der Waals surface area contributed by atoms with Crippen LogP contribution in [0.5, 0.6) is 0 Å². The van der Waals surface area contributed by atoms with E-state index in [1.807, 2.05) is 48.5 Å². The second-order valence-electron chi connectivity index (χ2n) is 8.70. The lowest BCUT2D eigenvalue weighted by molar-refractivity contribution is 0.749. The van der Waals surface area contributed by atoms with Gasteiger partial charge in [0, 0.05) is 29.4 Å². The Morgan fingerprint density at radius 3 is 2.18 bits per heavy atom. The molecule has 5 nitrogen and oxygen atoms in total. The molecule has 168 valence electrons. The number of hydrogen-bond donors (Lipinski definition) is 2. The van der Waals surface area contributed by atoms with Crippen LogP contribution < -0.4 is 15.8 Å². The summed E-state index contributed by atoms with van der Waals surface area (Å²) in [7, 11) is 0. The Kier molecular flexibility index (Phi) is 5.41. The Morgan fingerprint density at radius 1 is 0.727 bits per heavy atom. The lowest BCUT2D eigenvalue weighted by Gasteiger charge is -2.27. The van der Waals surface area contributed by atoms with Crippen molar-refractivity contribution in [3.05, 3.63) is 74.5 Å². The van der Waals surface area contributed by atoms with Crippen LogP contribution in [0.2, 0.25) is 0 Å². The molecule has 0 aliphatic heterocycles. The summed E-state index contributed by atoms with van der Waals surface area (Å²) in [6, 6.07) is 15.4. The van der Waals surface area contributed by atoms with Crippen molar-refractivity contribution < 1.29 is 0 Å². The third-order valence-electron chi connectivity index (χ3n) is 6.54. The smallest absolute Gasteiger partial charge is 0.199 e. The lowest BCUT2D eigenvalue weighted by Crippen LogP contribution is -2.27. The van der Waals surface area contributed by atoms with E-state index in [1.54, 1.807) is 0 Å². The molecule has 2 N–H and O–H groups in total. The van der Waals surface area contributed by atoms with Crippen molar-refractivity contribution in [1.82, 2.24) is 9.97 Å². The summed E-state index contributed by atoms with van der Waals surface area (Å²) in [5, 5.41) is 2.66. The fraction of sp³-hybridized carbons (Fsp3) is 0.286. The molecule has 0 saturated carbocycles. The fourth-order valence-electron chi connectivity index (χ4n) is 5.10. The molecular formula is C28H29N3O2. The van der Waals surface area contributed by atoms with Crippen LogP contribution >= 0.6 is 0 Å². The predicted octanol–water partition coefficient (Wildman–Crippen LogP) is 5.86. The molecule has 2 heterocycles. The van der Waals surface area contributed by atoms with E-state index in [2.05, 4.69) is 35.6 Å². The van der Waals surface area contributed by atoms with Gasteiger partial charge in [-0.1, -0.05) is 45.0 Å². The van der Waals surface area contributed by atoms with E-state index in [-0.39, 0.29) is 10.9 Å². The molecular weight excluding hydrogens is 410 g/mol. The van der Waals surface area contributed by atoms with Crippen molar-refractivity contribution >= 4 is 49.3 Å². The third-order valence-corrected chi connectivity index (χ3v) is 6.54. The van der Waals surface area contributed by atoms with Crippen molar-refractivity contribution in [2.45, 2.75) is 40.0 Å². The molecule has 0 unspecified atom stereocenters. The predicted molar refractivity (Wildman–Crippen MR) is 140 cm³/mol. The first-order valence-electron chi connectivity index (χ1n) is 11.9. The van der Waals surface area contributed by atoms with E-state index in [1.165, 1.54) is 0 Å². The van der Waals surface area contributed by atoms with E-state index in [9.17, 15) is 9.59 Å². The molecule has 0 spiro atoms. The molecule has 5 rings (SSSR count). The van der Waals surface area contributed by atoms with Gasteiger partial charge in [0.05, 0.1) is 33.0 Å². The molecule has 5 aromatic rings. The summed E-state index contributed by atoms with van der Waals surface area (Å²) in [4.78, 5) is 36.9. The molecule has 0 atom stereocenters. The maximum Gasteiger partial charge on any atom is 0.199 e. The van der Waals surface area contributed by atoms with Crippen LogP contribution in [0, 0.1) is 0 Å². The normalized spacial score (nSPS) is 11.7. The van der Waals surface area contributed by atoms with Gasteiger partial charge in [0.15, 0.2) is 10.9 Å². The molecule has 0 aliphatic carbocycles. The number of aryl methyl sites for hydroxylation is 1. The van der Waals surface area contributed by atoms with Crippen molar-refractivity contribution in [3.63, 3.8) is 0 Å². The Labute approximate surface area is 192 Å². The second-order valence-corrected chi connectivity index (χ2v) is 8.70. The van der Waals surface area contributed by atoms with Crippen LogP contribution in [0.15, 0.2) is 58.1 Å². The number of nitrogens with zero attached hydrogens (tertiary/aromatic N) is 1. The minimum atomic E-state index is -0.0151. The van der Waals surface area contributed by atoms with Crippen molar-refractivity contribution in [2.24, 2.45) is 0 Å². The molecule has 0 fully saturated rings. The van der Waals surface area contributed by atoms with Crippen molar-refractivity contribution in [2.75, 3.05) is 18.0 Å². The molecule has 5 heteroatoms. The van der Waals surface area contributed by atoms with Gasteiger partial charge >= 0.3 is 0 Å². The molecule has 0 aliphatic rings. The number of benzene rings is 3. The van der Waals surface area contributed by atoms with E-state index in [0.29, 0.717) is 21.7 Å². The number of nitrogens with one attached hydrogen (secondary N) is 2. The summed E-state index contributed by atoms with van der Waals surface area (Å²) in [5.41, 5.74) is 4.93. The van der Waals surface area contributed by atoms with E-state index < -0.39 is 0 Å². The van der Waals surface area contributed by atoms with Gasteiger partial charge in [0.2, 0.25) is 0 Å². The number of hydrogen-bond acceptors (Lipinski definition) is 3. The van der Waals surface area contributed by atoms with Crippen LogP contribution in [0.1, 0.15) is 39.2 Å². The van der Waals surface area contributed by atoms with Gasteiger partial charge in [-0.15, -0.1) is 0 Å². The zero-order chi connectivity index (χ0) is 23.1. The highest BCUT2D eigenvalue weighted by molar-refractivity contribution is 6.13. The summed E-state index contributed by atoms with van der Waals surface area (Å²) < 4.78 is 0. The zero-order valence-corrected chi connectivity index (χ0v) is 19.4. The number of rotatable bonds is 6. The highest BCUT2D eigenvalue weighted by Gasteiger charge is 2.21. The summed E-state index contributed by atoms with van der Waals surface area (Å²) in [6.45, 7) is 7.98. The SMILES string of the molecule is CCCN(CCC)c1c2[nH]c3ccccc3c(=O)c2cc2[nH]c3cccc(CC)c3c(=O)c12. The second kappa shape index (κ2) is 8.39. The van der Waals surface area contributed by atoms with Crippen LogP contribution in [0.25, 0.3) is 43.6 Å². The first kappa shape index (κ1) is 21.3. The Balaban J connectivity index is 2.06. The maximum absolute atomic E-state index is 14.1. The maximum atomic E-state index is 14.1. The highest BCUT2D eigenvalue weighted by Crippen LogP contribution is 2.34. The molecule has 2 aromatic heterocycles. The number of pyridine rings is 2. The van der Waals surface area contributed by atoms with Gasteiger partial charge in [0.1, 0.15) is 0 Å². The quantitative estimate of drug-likeness (QED) is 0.325.